The van der Waals surface area contributed by atoms with E-state index in [0.717, 1.165) is 10.0 Å². The Morgan fingerprint density at radius 1 is 1.24 bits per heavy atom. The number of aromatic hydroxyl groups is 1. The molecule has 2 N–H and O–H groups in total. The Morgan fingerprint density at radius 2 is 1.95 bits per heavy atom. The molecule has 2 rings (SSSR count). The van der Waals surface area contributed by atoms with Crippen LogP contribution in [0.25, 0.3) is 0 Å². The zero-order valence-electron chi connectivity index (χ0n) is 11.7. The van der Waals surface area contributed by atoms with E-state index in [0.29, 0.717) is 23.4 Å². The van der Waals surface area contributed by atoms with Crippen molar-refractivity contribution in [1.82, 2.24) is 0 Å². The van der Waals surface area contributed by atoms with Crippen LogP contribution in [0.1, 0.15) is 16.7 Å². The number of halogens is 1. The number of nitrogens with one attached hydrogen (secondary N) is 1. The number of phenols is 1. The van der Waals surface area contributed by atoms with E-state index in [1.54, 1.807) is 31.2 Å². The van der Waals surface area contributed by atoms with E-state index in [4.69, 9.17) is 0 Å². The molecule has 21 heavy (non-hydrogen) atoms. The lowest BCUT2D eigenvalue weighted by atomic mass is 10.1. The quantitative estimate of drug-likeness (QED) is 0.636. The molecule has 0 aliphatic heterocycles. The third-order valence-corrected chi connectivity index (χ3v) is 3.74. The van der Waals surface area contributed by atoms with Crippen LogP contribution in [0.2, 0.25) is 0 Å². The van der Waals surface area contributed by atoms with Crippen LogP contribution in [0.4, 0.5) is 11.4 Å². The molecule has 2 aromatic carbocycles. The summed E-state index contributed by atoms with van der Waals surface area (Å²) in [4.78, 5) is 10.6. The number of nitro groups is 1. The average molecular weight is 351 g/mol. The first-order valence-corrected chi connectivity index (χ1v) is 7.14. The molecule has 0 heterocycles. The van der Waals surface area contributed by atoms with Crippen molar-refractivity contribution in [3.05, 3.63) is 61.6 Å². The molecule has 0 aliphatic carbocycles. The summed E-state index contributed by atoms with van der Waals surface area (Å²) >= 11 is 3.35. The van der Waals surface area contributed by atoms with E-state index < -0.39 is 4.92 Å². The molecule has 0 unspecified atom stereocenters. The fourth-order valence-electron chi connectivity index (χ4n) is 2.11. The van der Waals surface area contributed by atoms with Crippen LogP contribution in [0.3, 0.4) is 0 Å². The van der Waals surface area contributed by atoms with E-state index in [1.807, 2.05) is 6.92 Å². The summed E-state index contributed by atoms with van der Waals surface area (Å²) in [6, 6.07) is 8.47. The lowest BCUT2D eigenvalue weighted by Crippen LogP contribution is -2.03. The number of hydrogen-bond donors (Lipinski definition) is 2. The van der Waals surface area contributed by atoms with Gasteiger partial charge in [0.15, 0.2) is 0 Å². The maximum absolute atomic E-state index is 11.0. The third-order valence-electron chi connectivity index (χ3n) is 3.25. The highest BCUT2D eigenvalue weighted by Crippen LogP contribution is 2.28. The van der Waals surface area contributed by atoms with E-state index in [9.17, 15) is 15.2 Å². The van der Waals surface area contributed by atoms with Crippen LogP contribution in [-0.2, 0) is 6.54 Å². The zero-order valence-corrected chi connectivity index (χ0v) is 13.3. The first-order valence-electron chi connectivity index (χ1n) is 6.35. The summed E-state index contributed by atoms with van der Waals surface area (Å²) in [6.07, 6.45) is 0. The summed E-state index contributed by atoms with van der Waals surface area (Å²) in [5.74, 6) is 0.185. The van der Waals surface area contributed by atoms with Crippen LogP contribution >= 0.6 is 15.9 Å². The van der Waals surface area contributed by atoms with Crippen LogP contribution in [-0.4, -0.2) is 10.0 Å². The van der Waals surface area contributed by atoms with Gasteiger partial charge in [-0.3, -0.25) is 10.1 Å². The van der Waals surface area contributed by atoms with Crippen molar-refractivity contribution >= 4 is 27.3 Å². The van der Waals surface area contributed by atoms with Gasteiger partial charge in [0.05, 0.1) is 4.92 Å². The van der Waals surface area contributed by atoms with E-state index in [1.165, 1.54) is 6.07 Å². The second-order valence-electron chi connectivity index (χ2n) is 4.84. The molecule has 110 valence electrons. The maximum Gasteiger partial charge on any atom is 0.274 e. The van der Waals surface area contributed by atoms with Gasteiger partial charge in [0.25, 0.3) is 5.69 Å². The van der Waals surface area contributed by atoms with Gasteiger partial charge in [-0.2, -0.15) is 0 Å². The summed E-state index contributed by atoms with van der Waals surface area (Å²) < 4.78 is 0.865. The SMILES string of the molecule is Cc1cc(C)c([N+](=O)[O-])cc1NCc1cc(Br)ccc1O. The van der Waals surface area contributed by atoms with Crippen LogP contribution < -0.4 is 5.32 Å². The molecule has 0 aromatic heterocycles. The monoisotopic (exact) mass is 350 g/mol. The maximum atomic E-state index is 11.0. The predicted molar refractivity (Wildman–Crippen MR) is 85.7 cm³/mol. The molecule has 0 atom stereocenters. The fraction of sp³-hybridized carbons (Fsp3) is 0.200. The van der Waals surface area contributed by atoms with Crippen LogP contribution in [0.5, 0.6) is 5.75 Å². The van der Waals surface area contributed by atoms with Gasteiger partial charge in [0.1, 0.15) is 5.75 Å². The van der Waals surface area contributed by atoms with Crippen molar-refractivity contribution < 1.29 is 10.0 Å². The topological polar surface area (TPSA) is 75.4 Å². The molecule has 5 nitrogen and oxygen atoms in total. The highest BCUT2D eigenvalue weighted by molar-refractivity contribution is 9.10. The molecule has 0 aliphatic rings. The summed E-state index contributed by atoms with van der Waals surface area (Å²) in [6.45, 7) is 3.99. The molecule has 0 bridgehead atoms. The van der Waals surface area contributed by atoms with Crippen molar-refractivity contribution in [2.75, 3.05) is 5.32 Å². The molecular weight excluding hydrogens is 336 g/mol. The molecule has 0 saturated heterocycles. The zero-order chi connectivity index (χ0) is 15.6. The number of benzene rings is 2. The lowest BCUT2D eigenvalue weighted by Gasteiger charge is -2.12. The summed E-state index contributed by atoms with van der Waals surface area (Å²) in [5.41, 5.74) is 3.04. The number of phenolic OH excluding ortho intramolecular Hbond substituents is 1. The standard InChI is InChI=1S/C15H15BrN2O3/c1-9-5-10(2)14(18(20)21)7-13(9)17-8-11-6-12(16)3-4-15(11)19/h3-7,17,19H,8H2,1-2H3. The average Bonchev–Trinajstić information content (AvgIpc) is 2.41. The van der Waals surface area contributed by atoms with Crippen molar-refractivity contribution in [3.8, 4) is 5.75 Å². The van der Waals surface area contributed by atoms with Gasteiger partial charge in [0, 0.05) is 33.9 Å². The first kappa shape index (κ1) is 15.3. The molecular formula is C15H15BrN2O3. The molecule has 0 amide bonds. The van der Waals surface area contributed by atoms with Crippen molar-refractivity contribution in [1.29, 1.82) is 0 Å². The summed E-state index contributed by atoms with van der Waals surface area (Å²) in [7, 11) is 0. The Morgan fingerprint density at radius 3 is 2.62 bits per heavy atom. The van der Waals surface area contributed by atoms with Gasteiger partial charge in [-0.1, -0.05) is 15.9 Å². The molecule has 2 aromatic rings. The number of rotatable bonds is 4. The molecule has 0 saturated carbocycles. The van der Waals surface area contributed by atoms with Gasteiger partial charge in [-0.05, 0) is 43.7 Å². The number of aryl methyl sites for hydroxylation is 2. The molecule has 0 spiro atoms. The molecule has 0 radical (unpaired) electrons. The predicted octanol–water partition coefficient (Wildman–Crippen LogP) is 4.29. The fourth-order valence-corrected chi connectivity index (χ4v) is 2.52. The highest BCUT2D eigenvalue weighted by Gasteiger charge is 2.13. The van der Waals surface area contributed by atoms with Gasteiger partial charge < -0.3 is 10.4 Å². The third kappa shape index (κ3) is 3.52. The smallest absolute Gasteiger partial charge is 0.274 e. The van der Waals surface area contributed by atoms with E-state index in [2.05, 4.69) is 21.2 Å². The normalized spacial score (nSPS) is 10.4. The van der Waals surface area contributed by atoms with E-state index >= 15 is 0 Å². The minimum Gasteiger partial charge on any atom is -0.508 e. The van der Waals surface area contributed by atoms with E-state index in [-0.39, 0.29) is 11.4 Å². The highest BCUT2D eigenvalue weighted by atomic mass is 79.9. The summed E-state index contributed by atoms with van der Waals surface area (Å²) in [5, 5.41) is 23.9. The Bertz CT molecular complexity index is 702. The number of nitrogens with zero attached hydrogens (tertiary/aromatic N) is 1. The van der Waals surface area contributed by atoms with Crippen LogP contribution in [0.15, 0.2) is 34.8 Å². The van der Waals surface area contributed by atoms with Gasteiger partial charge in [0.2, 0.25) is 0 Å². The molecule has 0 fully saturated rings. The Hall–Kier alpha value is -2.08. The number of hydrogen-bond acceptors (Lipinski definition) is 4. The van der Waals surface area contributed by atoms with Gasteiger partial charge >= 0.3 is 0 Å². The Labute approximate surface area is 130 Å². The second-order valence-corrected chi connectivity index (χ2v) is 5.75. The second kappa shape index (κ2) is 6.13. The van der Waals surface area contributed by atoms with Crippen molar-refractivity contribution in [2.24, 2.45) is 0 Å². The molecule has 6 heteroatoms. The minimum atomic E-state index is -0.392. The van der Waals surface area contributed by atoms with Gasteiger partial charge in [-0.25, -0.2) is 0 Å². The number of anilines is 1. The Kier molecular flexibility index (Phi) is 4.47. The Balaban J connectivity index is 2.25. The first-order chi connectivity index (χ1) is 9.88. The lowest BCUT2D eigenvalue weighted by molar-refractivity contribution is -0.385. The number of nitro benzene ring substituents is 1. The van der Waals surface area contributed by atoms with Crippen molar-refractivity contribution in [2.45, 2.75) is 20.4 Å². The van der Waals surface area contributed by atoms with Crippen molar-refractivity contribution in [3.63, 3.8) is 0 Å². The van der Waals surface area contributed by atoms with Gasteiger partial charge in [-0.15, -0.1) is 0 Å². The minimum absolute atomic E-state index is 0.0848. The van der Waals surface area contributed by atoms with Crippen LogP contribution in [0, 0.1) is 24.0 Å². The largest absolute Gasteiger partial charge is 0.508 e.